The largest absolute Gasteiger partial charge is 0.444 e. The summed E-state index contributed by atoms with van der Waals surface area (Å²) < 4.78 is 35.3. The second-order valence-corrected chi connectivity index (χ2v) is 18.6. The second kappa shape index (κ2) is 16.4. The van der Waals surface area contributed by atoms with Gasteiger partial charge in [-0.25, -0.2) is 18.0 Å². The Hall–Kier alpha value is -4.41. The number of hydrogen-bond donors (Lipinski definition) is 5. The van der Waals surface area contributed by atoms with Crippen molar-refractivity contribution in [2.24, 2.45) is 5.92 Å². The lowest BCUT2D eigenvalue weighted by Crippen LogP contribution is -2.57. The van der Waals surface area contributed by atoms with E-state index in [9.17, 15) is 37.2 Å². The van der Waals surface area contributed by atoms with Crippen LogP contribution in [0.3, 0.4) is 0 Å². The van der Waals surface area contributed by atoms with E-state index in [4.69, 9.17) is 4.74 Å². The van der Waals surface area contributed by atoms with Crippen molar-refractivity contribution in [3.63, 3.8) is 0 Å². The first-order valence-electron chi connectivity index (χ1n) is 19.5. The minimum Gasteiger partial charge on any atom is -0.444 e. The number of amides is 5. The minimum absolute atomic E-state index is 0.0616. The van der Waals surface area contributed by atoms with Gasteiger partial charge in [0, 0.05) is 19.1 Å². The van der Waals surface area contributed by atoms with E-state index in [0.717, 1.165) is 12.8 Å². The third kappa shape index (κ3) is 9.35. The first kappa shape index (κ1) is 41.7. The summed E-state index contributed by atoms with van der Waals surface area (Å²) >= 11 is 0. The van der Waals surface area contributed by atoms with Crippen LogP contribution in [0.5, 0.6) is 0 Å². The Kier molecular flexibility index (Phi) is 12.4. The van der Waals surface area contributed by atoms with Crippen LogP contribution in [0.2, 0.25) is 0 Å². The number of likely N-dealkylation sites (tertiary alicyclic amines) is 1. The summed E-state index contributed by atoms with van der Waals surface area (Å²) in [6, 6.07) is 4.32. The Morgan fingerprint density at radius 3 is 2.38 bits per heavy atom. The SMILES string of the molecule is CC[C@@H]1C[C@]1(NC(=O)[C@@H]1CCCN1C(=O)CNC(=O)OC(C)(C)C)C(=O)NS(=O)(=O)C1(CCCCCCNC(=O)c2cccc3c2[nH]c(=O)n3C(C)C)CC1. The molecule has 55 heavy (non-hydrogen) atoms. The van der Waals surface area contributed by atoms with Gasteiger partial charge in [0.15, 0.2) is 0 Å². The molecule has 304 valence electrons. The van der Waals surface area contributed by atoms with Crippen molar-refractivity contribution >= 4 is 50.8 Å². The number of hydrogen-bond acceptors (Lipinski definition) is 9. The Labute approximate surface area is 322 Å². The number of unbranched alkanes of at least 4 members (excludes halogenated alkanes) is 3. The maximum absolute atomic E-state index is 13.7. The predicted octanol–water partition coefficient (Wildman–Crippen LogP) is 3.37. The van der Waals surface area contributed by atoms with Crippen LogP contribution in [0.25, 0.3) is 11.0 Å². The molecule has 17 heteroatoms. The monoisotopic (exact) mass is 787 g/mol. The fourth-order valence-corrected chi connectivity index (χ4v) is 9.40. The number of nitrogens with one attached hydrogen (secondary N) is 5. The van der Waals surface area contributed by atoms with Crippen LogP contribution in [0.15, 0.2) is 23.0 Å². The number of imidazole rings is 1. The molecule has 16 nitrogen and oxygen atoms in total. The quantitative estimate of drug-likeness (QED) is 0.148. The van der Waals surface area contributed by atoms with Crippen molar-refractivity contribution in [1.82, 2.24) is 35.1 Å². The number of para-hydroxylation sites is 1. The molecule has 3 fully saturated rings. The van der Waals surface area contributed by atoms with Crippen molar-refractivity contribution in [3.8, 4) is 0 Å². The zero-order chi connectivity index (χ0) is 40.3. The molecule has 0 spiro atoms. The number of benzene rings is 1. The number of alkyl carbamates (subject to hydrolysis) is 1. The van der Waals surface area contributed by atoms with Crippen LogP contribution in [-0.4, -0.2) is 94.2 Å². The highest BCUT2D eigenvalue weighted by Gasteiger charge is 2.63. The van der Waals surface area contributed by atoms with Gasteiger partial charge >= 0.3 is 11.8 Å². The number of carbonyl (C=O) groups excluding carboxylic acids is 5. The average molecular weight is 788 g/mol. The molecule has 1 aromatic heterocycles. The summed E-state index contributed by atoms with van der Waals surface area (Å²) in [6.07, 6.45) is 5.09. The molecule has 0 bridgehead atoms. The highest BCUT2D eigenvalue weighted by atomic mass is 32.2. The topological polar surface area (TPSA) is 218 Å². The normalized spacial score (nSPS) is 21.6. The molecule has 0 radical (unpaired) electrons. The third-order valence-electron chi connectivity index (χ3n) is 11.0. The molecule has 1 aromatic carbocycles. The van der Waals surface area contributed by atoms with E-state index in [-0.39, 0.29) is 30.1 Å². The van der Waals surface area contributed by atoms with Crippen LogP contribution in [-0.2, 0) is 29.1 Å². The van der Waals surface area contributed by atoms with Crippen LogP contribution in [0.4, 0.5) is 4.79 Å². The van der Waals surface area contributed by atoms with Crippen molar-refractivity contribution in [2.45, 2.75) is 140 Å². The van der Waals surface area contributed by atoms with E-state index >= 15 is 0 Å². The Morgan fingerprint density at radius 2 is 1.75 bits per heavy atom. The number of aromatic nitrogens is 2. The van der Waals surface area contributed by atoms with Gasteiger partial charge in [0.1, 0.15) is 23.7 Å². The van der Waals surface area contributed by atoms with E-state index in [1.54, 1.807) is 43.5 Å². The van der Waals surface area contributed by atoms with Gasteiger partial charge < -0.3 is 30.6 Å². The lowest BCUT2D eigenvalue weighted by atomic mass is 10.1. The first-order valence-corrected chi connectivity index (χ1v) is 21.0. The maximum atomic E-state index is 13.7. The summed E-state index contributed by atoms with van der Waals surface area (Å²) in [5, 5.41) is 8.16. The van der Waals surface area contributed by atoms with Gasteiger partial charge in [0.25, 0.3) is 11.8 Å². The van der Waals surface area contributed by atoms with Crippen LogP contribution in [0, 0.1) is 5.92 Å². The molecule has 2 saturated carbocycles. The van der Waals surface area contributed by atoms with Gasteiger partial charge in [0.05, 0.1) is 21.3 Å². The maximum Gasteiger partial charge on any atom is 0.408 e. The molecule has 5 N–H and O–H groups in total. The Morgan fingerprint density at radius 1 is 1.04 bits per heavy atom. The smallest absolute Gasteiger partial charge is 0.408 e. The molecule has 3 atom stereocenters. The van der Waals surface area contributed by atoms with Gasteiger partial charge in [-0.15, -0.1) is 0 Å². The fourth-order valence-electron chi connectivity index (χ4n) is 7.70. The molecule has 5 amide bonds. The second-order valence-electron chi connectivity index (χ2n) is 16.5. The number of H-pyrrole nitrogens is 1. The van der Waals surface area contributed by atoms with Crippen molar-refractivity contribution < 1.29 is 37.1 Å². The molecular weight excluding hydrogens is 731 g/mol. The standard InChI is InChI=1S/C38H57N7O9S/c1-7-25-22-38(25,42-32(48)28-16-13-21-44(28)29(46)23-40-35(51)54-36(4,5)6)33(49)43-55(52,53)37(18-19-37)17-10-8-9-11-20-39-31(47)26-14-12-15-27-30(26)41-34(50)45(27)24(2)3/h12,14-15,24-25,28H,7-11,13,16-23H2,1-6H3,(H,39,47)(H,40,51)(H,41,50)(H,42,48)(H,43,49)/t25-,28+,38-/m1/s1. The Balaban J connectivity index is 1.08. The van der Waals surface area contributed by atoms with Gasteiger partial charge in [-0.05, 0) is 97.6 Å². The zero-order valence-corrected chi connectivity index (χ0v) is 33.7. The lowest BCUT2D eigenvalue weighted by Gasteiger charge is -2.28. The van der Waals surface area contributed by atoms with E-state index < -0.39 is 55.8 Å². The number of carbonyl (C=O) groups is 5. The van der Waals surface area contributed by atoms with Crippen molar-refractivity contribution in [2.75, 3.05) is 19.6 Å². The van der Waals surface area contributed by atoms with Crippen LogP contribution < -0.4 is 26.4 Å². The van der Waals surface area contributed by atoms with E-state index in [0.29, 0.717) is 87.5 Å². The van der Waals surface area contributed by atoms with Crippen LogP contribution in [0.1, 0.15) is 129 Å². The number of fused-ring (bicyclic) bond motifs is 1. The van der Waals surface area contributed by atoms with E-state index in [1.165, 1.54) is 4.90 Å². The van der Waals surface area contributed by atoms with Gasteiger partial charge in [-0.2, -0.15) is 0 Å². The number of sulfonamides is 1. The highest BCUT2D eigenvalue weighted by Crippen LogP contribution is 2.50. The van der Waals surface area contributed by atoms with E-state index in [2.05, 4.69) is 25.7 Å². The minimum atomic E-state index is -4.05. The molecule has 2 heterocycles. The number of nitrogens with zero attached hydrogens (tertiary/aromatic N) is 2. The number of ether oxygens (including phenoxy) is 1. The average Bonchev–Trinajstić information content (AvgIpc) is 3.95. The number of aromatic amines is 1. The molecule has 0 unspecified atom stereocenters. The van der Waals surface area contributed by atoms with Crippen LogP contribution >= 0.6 is 0 Å². The summed E-state index contributed by atoms with van der Waals surface area (Å²) in [5.74, 6) is -2.27. The molecule has 1 saturated heterocycles. The van der Waals surface area contributed by atoms with Gasteiger partial charge in [-0.3, -0.25) is 28.5 Å². The van der Waals surface area contributed by atoms with Crippen molar-refractivity contribution in [3.05, 3.63) is 34.2 Å². The third-order valence-corrected chi connectivity index (χ3v) is 13.2. The van der Waals surface area contributed by atoms with Gasteiger partial charge in [-0.1, -0.05) is 38.7 Å². The number of rotatable bonds is 17. The first-order chi connectivity index (χ1) is 25.8. The molecule has 3 aliphatic rings. The Bertz CT molecular complexity index is 1960. The molecule has 2 aliphatic carbocycles. The predicted molar refractivity (Wildman–Crippen MR) is 206 cm³/mol. The zero-order valence-electron chi connectivity index (χ0n) is 32.8. The summed E-state index contributed by atoms with van der Waals surface area (Å²) in [5.41, 5.74) is -0.818. The molecule has 2 aromatic rings. The summed E-state index contributed by atoms with van der Waals surface area (Å²) in [6.45, 7) is 11.2. The molecule has 1 aliphatic heterocycles. The fraction of sp³-hybridized carbons (Fsp3) is 0.684. The lowest BCUT2D eigenvalue weighted by molar-refractivity contribution is -0.139. The van der Waals surface area contributed by atoms with Crippen molar-refractivity contribution in [1.29, 1.82) is 0 Å². The van der Waals surface area contributed by atoms with Gasteiger partial charge in [0.2, 0.25) is 21.8 Å². The summed E-state index contributed by atoms with van der Waals surface area (Å²) in [7, 11) is -4.05. The molecular formula is C38H57N7O9S. The highest BCUT2D eigenvalue weighted by molar-refractivity contribution is 7.91. The summed E-state index contributed by atoms with van der Waals surface area (Å²) in [4.78, 5) is 81.8. The van der Waals surface area contributed by atoms with E-state index in [1.807, 2.05) is 20.8 Å². The molecule has 5 rings (SSSR count).